The molecule has 1 saturated heterocycles. The Morgan fingerprint density at radius 3 is 2.36 bits per heavy atom. The van der Waals surface area contributed by atoms with Gasteiger partial charge in [0.05, 0.1) is 22.4 Å². The molecule has 4 atom stereocenters. The van der Waals surface area contributed by atoms with Crippen molar-refractivity contribution in [1.82, 2.24) is 5.43 Å². The van der Waals surface area contributed by atoms with Gasteiger partial charge in [-0.2, -0.15) is 0 Å². The van der Waals surface area contributed by atoms with Crippen molar-refractivity contribution in [3.63, 3.8) is 0 Å². The van der Waals surface area contributed by atoms with E-state index in [1.54, 1.807) is 0 Å². The maximum absolute atomic E-state index is 12.7. The Hall–Kier alpha value is -2.70. The molecule has 22 heavy (non-hydrogen) atoms. The SMILES string of the molecule is O=C1NN(c2ccc([N+](=O)[O-])cc2)C(=O)[C@@H]2[C@@H]1[C@H]1C=C[C@H]2C1. The normalized spacial score (nSPS) is 32.1. The van der Waals surface area contributed by atoms with Crippen LogP contribution in [0.5, 0.6) is 0 Å². The first-order chi connectivity index (χ1) is 10.6. The van der Waals surface area contributed by atoms with E-state index >= 15 is 0 Å². The third-order valence-corrected chi connectivity index (χ3v) is 4.81. The summed E-state index contributed by atoms with van der Waals surface area (Å²) in [6.45, 7) is 0. The summed E-state index contributed by atoms with van der Waals surface area (Å²) in [5, 5.41) is 11.9. The van der Waals surface area contributed by atoms with Gasteiger partial charge < -0.3 is 0 Å². The van der Waals surface area contributed by atoms with Gasteiger partial charge in [0.2, 0.25) is 11.8 Å². The van der Waals surface area contributed by atoms with Crippen LogP contribution >= 0.6 is 0 Å². The average molecular weight is 299 g/mol. The second-order valence-electron chi connectivity index (χ2n) is 5.92. The number of amides is 2. The highest BCUT2D eigenvalue weighted by atomic mass is 16.6. The first kappa shape index (κ1) is 13.0. The largest absolute Gasteiger partial charge is 0.273 e. The first-order valence-corrected chi connectivity index (χ1v) is 7.13. The number of rotatable bonds is 2. The molecule has 1 aliphatic heterocycles. The molecule has 112 valence electrons. The number of anilines is 1. The number of benzene rings is 1. The predicted octanol–water partition coefficient (Wildman–Crippen LogP) is 1.41. The molecular formula is C15H13N3O4. The molecule has 0 unspecified atom stereocenters. The predicted molar refractivity (Wildman–Crippen MR) is 76.4 cm³/mol. The Balaban J connectivity index is 1.66. The van der Waals surface area contributed by atoms with E-state index in [4.69, 9.17) is 0 Å². The number of non-ortho nitro benzene ring substituents is 1. The molecule has 0 aromatic heterocycles. The monoisotopic (exact) mass is 299 g/mol. The Morgan fingerprint density at radius 2 is 1.73 bits per heavy atom. The van der Waals surface area contributed by atoms with Gasteiger partial charge in [0, 0.05) is 12.1 Å². The minimum atomic E-state index is -0.503. The molecule has 4 rings (SSSR count). The van der Waals surface area contributed by atoms with E-state index in [9.17, 15) is 19.7 Å². The van der Waals surface area contributed by atoms with Crippen molar-refractivity contribution >= 4 is 23.2 Å². The molecule has 2 fully saturated rings. The molecule has 0 radical (unpaired) electrons. The number of nitrogens with zero attached hydrogens (tertiary/aromatic N) is 2. The van der Waals surface area contributed by atoms with Crippen molar-refractivity contribution in [2.24, 2.45) is 23.7 Å². The summed E-state index contributed by atoms with van der Waals surface area (Å²) in [7, 11) is 0. The summed E-state index contributed by atoms with van der Waals surface area (Å²) in [5.74, 6) is -0.627. The van der Waals surface area contributed by atoms with Gasteiger partial charge in [-0.15, -0.1) is 0 Å². The maximum Gasteiger partial charge on any atom is 0.269 e. The van der Waals surface area contributed by atoms with Crippen LogP contribution in [0.1, 0.15) is 6.42 Å². The Kier molecular flexibility index (Phi) is 2.60. The number of nitro benzene ring substituents is 1. The van der Waals surface area contributed by atoms with Gasteiger partial charge in [-0.3, -0.25) is 25.1 Å². The van der Waals surface area contributed by atoms with E-state index in [0.717, 1.165) is 6.42 Å². The number of hydrogen-bond donors (Lipinski definition) is 1. The zero-order chi connectivity index (χ0) is 15.4. The molecule has 7 heteroatoms. The minimum Gasteiger partial charge on any atom is -0.273 e. The fourth-order valence-corrected chi connectivity index (χ4v) is 3.82. The molecule has 0 spiro atoms. The van der Waals surface area contributed by atoms with Gasteiger partial charge >= 0.3 is 0 Å². The summed E-state index contributed by atoms with van der Waals surface area (Å²) < 4.78 is 0. The zero-order valence-corrected chi connectivity index (χ0v) is 11.5. The van der Waals surface area contributed by atoms with Crippen molar-refractivity contribution in [1.29, 1.82) is 0 Å². The fraction of sp³-hybridized carbons (Fsp3) is 0.333. The van der Waals surface area contributed by atoms with Gasteiger partial charge in [-0.1, -0.05) is 12.2 Å². The smallest absolute Gasteiger partial charge is 0.269 e. The highest BCUT2D eigenvalue weighted by molar-refractivity contribution is 6.05. The number of carbonyl (C=O) groups excluding carboxylic acids is 2. The van der Waals surface area contributed by atoms with Crippen molar-refractivity contribution in [2.45, 2.75) is 6.42 Å². The van der Waals surface area contributed by atoms with Crippen LogP contribution in [0.15, 0.2) is 36.4 Å². The van der Waals surface area contributed by atoms with Crippen molar-refractivity contribution < 1.29 is 14.5 Å². The Morgan fingerprint density at radius 1 is 1.09 bits per heavy atom. The topological polar surface area (TPSA) is 92.6 Å². The number of nitro groups is 1. The number of hydrogen-bond acceptors (Lipinski definition) is 4. The standard InChI is InChI=1S/C15H13N3O4/c19-14-12-8-1-2-9(7-8)13(12)15(20)17(16-14)10-3-5-11(6-4-10)18(21)22/h1-6,8-9,12-13H,7H2,(H,16,19)/t8-,9-,12-,13-/m0/s1. The van der Waals surface area contributed by atoms with Gasteiger partial charge in [0.1, 0.15) is 0 Å². The number of nitrogens with one attached hydrogen (secondary N) is 1. The maximum atomic E-state index is 12.7. The van der Waals surface area contributed by atoms with Crippen LogP contribution in [0.25, 0.3) is 0 Å². The van der Waals surface area contributed by atoms with Crippen molar-refractivity contribution in [3.05, 3.63) is 46.5 Å². The fourth-order valence-electron chi connectivity index (χ4n) is 3.82. The van der Waals surface area contributed by atoms with E-state index in [0.29, 0.717) is 5.69 Å². The Labute approximate surface area is 125 Å². The number of carbonyl (C=O) groups is 2. The minimum absolute atomic E-state index is 0.0553. The molecule has 1 N–H and O–H groups in total. The van der Waals surface area contributed by atoms with E-state index in [1.807, 2.05) is 12.2 Å². The molecule has 2 bridgehead atoms. The lowest BCUT2D eigenvalue weighted by molar-refractivity contribution is -0.384. The van der Waals surface area contributed by atoms with Crippen molar-refractivity contribution in [3.8, 4) is 0 Å². The third kappa shape index (κ3) is 1.68. The summed E-state index contributed by atoms with van der Waals surface area (Å²) >= 11 is 0. The van der Waals surface area contributed by atoms with E-state index in [1.165, 1.54) is 29.3 Å². The number of hydrazine groups is 1. The molecule has 1 heterocycles. The van der Waals surface area contributed by atoms with Gasteiger partial charge in [-0.05, 0) is 30.4 Å². The second-order valence-corrected chi connectivity index (χ2v) is 5.92. The first-order valence-electron chi connectivity index (χ1n) is 7.13. The van der Waals surface area contributed by atoms with E-state index in [-0.39, 0.29) is 41.2 Å². The third-order valence-electron chi connectivity index (χ3n) is 4.81. The number of allylic oxidation sites excluding steroid dienone is 2. The molecule has 1 aromatic rings. The lowest BCUT2D eigenvalue weighted by Crippen LogP contribution is -2.60. The lowest BCUT2D eigenvalue weighted by atomic mass is 9.80. The van der Waals surface area contributed by atoms with E-state index < -0.39 is 4.92 Å². The van der Waals surface area contributed by atoms with Crippen LogP contribution in [-0.2, 0) is 9.59 Å². The van der Waals surface area contributed by atoms with Crippen LogP contribution < -0.4 is 10.4 Å². The van der Waals surface area contributed by atoms with Crippen molar-refractivity contribution in [2.75, 3.05) is 5.01 Å². The highest BCUT2D eigenvalue weighted by Crippen LogP contribution is 2.50. The van der Waals surface area contributed by atoms with E-state index in [2.05, 4.69) is 5.43 Å². The zero-order valence-electron chi connectivity index (χ0n) is 11.5. The quantitative estimate of drug-likeness (QED) is 0.507. The molecule has 2 amide bonds. The Bertz CT molecular complexity index is 712. The highest BCUT2D eigenvalue weighted by Gasteiger charge is 2.55. The van der Waals surface area contributed by atoms with Crippen LogP contribution in [0.3, 0.4) is 0 Å². The molecule has 3 aliphatic rings. The van der Waals surface area contributed by atoms with Crippen LogP contribution in [0.4, 0.5) is 11.4 Å². The van der Waals surface area contributed by atoms with Crippen LogP contribution in [-0.4, -0.2) is 16.7 Å². The molecular weight excluding hydrogens is 286 g/mol. The molecule has 1 aromatic carbocycles. The molecule has 2 aliphatic carbocycles. The van der Waals surface area contributed by atoms with Gasteiger partial charge in [0.15, 0.2) is 0 Å². The molecule has 7 nitrogen and oxygen atoms in total. The number of fused-ring (bicyclic) bond motifs is 5. The van der Waals surface area contributed by atoms with Crippen LogP contribution in [0, 0.1) is 33.8 Å². The summed E-state index contributed by atoms with van der Waals surface area (Å²) in [5.41, 5.74) is 3.01. The lowest BCUT2D eigenvalue weighted by Gasteiger charge is -2.37. The van der Waals surface area contributed by atoms with Gasteiger partial charge in [0.25, 0.3) is 5.69 Å². The second kappa shape index (κ2) is 4.40. The summed E-state index contributed by atoms with van der Waals surface area (Å²) in [6, 6.07) is 5.59. The average Bonchev–Trinajstić information content (AvgIpc) is 3.12. The van der Waals surface area contributed by atoms with Gasteiger partial charge in [-0.25, -0.2) is 5.01 Å². The summed E-state index contributed by atoms with van der Waals surface area (Å²) in [4.78, 5) is 35.2. The summed E-state index contributed by atoms with van der Waals surface area (Å²) in [6.07, 6.45) is 4.90. The van der Waals surface area contributed by atoms with Crippen LogP contribution in [0.2, 0.25) is 0 Å². The molecule has 1 saturated carbocycles.